The van der Waals surface area contributed by atoms with Gasteiger partial charge in [-0.15, -0.1) is 0 Å². The predicted molar refractivity (Wildman–Crippen MR) is 116 cm³/mol. The molecular weight excluding hydrogens is 360 g/mol. The molecule has 1 aliphatic rings. The first-order valence-corrected chi connectivity index (χ1v) is 10.1. The molecule has 1 aromatic heterocycles. The van der Waals surface area contributed by atoms with E-state index in [9.17, 15) is 4.79 Å². The fourth-order valence-electron chi connectivity index (χ4n) is 3.56. The molecule has 0 saturated carbocycles. The third-order valence-corrected chi connectivity index (χ3v) is 5.26. The number of hydrogen-bond acceptors (Lipinski definition) is 3. The van der Waals surface area contributed by atoms with E-state index in [4.69, 9.17) is 0 Å². The number of amides is 1. The predicted octanol–water partition coefficient (Wildman–Crippen LogP) is 3.40. The maximum absolute atomic E-state index is 12.8. The first-order chi connectivity index (χ1) is 14.3. The quantitative estimate of drug-likeness (QED) is 0.652. The van der Waals surface area contributed by atoms with Gasteiger partial charge < -0.3 is 9.47 Å². The maximum Gasteiger partial charge on any atom is 0.253 e. The van der Waals surface area contributed by atoms with E-state index < -0.39 is 0 Å². The zero-order valence-electron chi connectivity index (χ0n) is 16.5. The standard InChI is InChI=1S/C24H26N4O/c29-24(23-10-8-22(9-11-23)19-27-14-12-25-20-27)28-17-15-26(16-18-28)13-4-7-21-5-2-1-3-6-21/h1-12,14,20H,13,15-19H2/b7-4+. The van der Waals surface area contributed by atoms with Crippen LogP contribution in [0.4, 0.5) is 0 Å². The van der Waals surface area contributed by atoms with Crippen molar-refractivity contribution in [2.75, 3.05) is 32.7 Å². The summed E-state index contributed by atoms with van der Waals surface area (Å²) in [5, 5.41) is 0. The Morgan fingerprint density at radius 2 is 1.72 bits per heavy atom. The van der Waals surface area contributed by atoms with E-state index >= 15 is 0 Å². The van der Waals surface area contributed by atoms with Crippen LogP contribution in [0.3, 0.4) is 0 Å². The van der Waals surface area contributed by atoms with Crippen LogP contribution in [0.15, 0.2) is 79.4 Å². The number of carbonyl (C=O) groups excluding carboxylic acids is 1. The van der Waals surface area contributed by atoms with E-state index in [1.54, 1.807) is 12.5 Å². The molecule has 0 aliphatic carbocycles. The largest absolute Gasteiger partial charge is 0.336 e. The average molecular weight is 386 g/mol. The molecule has 5 heteroatoms. The zero-order chi connectivity index (χ0) is 19.9. The Balaban J connectivity index is 1.26. The van der Waals surface area contributed by atoms with Gasteiger partial charge in [-0.05, 0) is 23.3 Å². The highest BCUT2D eigenvalue weighted by atomic mass is 16.2. The van der Waals surface area contributed by atoms with Gasteiger partial charge in [-0.1, -0.05) is 54.6 Å². The lowest BCUT2D eigenvalue weighted by Gasteiger charge is -2.34. The summed E-state index contributed by atoms with van der Waals surface area (Å²) in [4.78, 5) is 21.2. The van der Waals surface area contributed by atoms with E-state index in [0.717, 1.165) is 50.4 Å². The van der Waals surface area contributed by atoms with Crippen LogP contribution in [0.1, 0.15) is 21.5 Å². The highest BCUT2D eigenvalue weighted by Crippen LogP contribution is 2.12. The third kappa shape index (κ3) is 5.21. The summed E-state index contributed by atoms with van der Waals surface area (Å²) in [6.45, 7) is 5.04. The number of piperazine rings is 1. The summed E-state index contributed by atoms with van der Waals surface area (Å²) < 4.78 is 2.02. The van der Waals surface area contributed by atoms with Crippen LogP contribution in [0, 0.1) is 0 Å². The second kappa shape index (κ2) is 9.34. The monoisotopic (exact) mass is 386 g/mol. The first kappa shape index (κ1) is 19.2. The molecule has 1 aliphatic heterocycles. The van der Waals surface area contributed by atoms with Crippen molar-refractivity contribution in [1.82, 2.24) is 19.4 Å². The number of nitrogens with zero attached hydrogens (tertiary/aromatic N) is 4. The SMILES string of the molecule is O=C(c1ccc(Cn2ccnc2)cc1)N1CCN(C/C=C/c2ccccc2)CC1. The second-order valence-corrected chi connectivity index (χ2v) is 7.34. The number of hydrogen-bond donors (Lipinski definition) is 0. The highest BCUT2D eigenvalue weighted by Gasteiger charge is 2.21. The molecule has 1 saturated heterocycles. The smallest absolute Gasteiger partial charge is 0.253 e. The molecule has 1 fully saturated rings. The molecule has 2 aromatic carbocycles. The molecular formula is C24H26N4O. The van der Waals surface area contributed by atoms with Crippen molar-refractivity contribution in [1.29, 1.82) is 0 Å². The van der Waals surface area contributed by atoms with Gasteiger partial charge in [0.15, 0.2) is 0 Å². The molecule has 0 radical (unpaired) electrons. The average Bonchev–Trinajstić information content (AvgIpc) is 3.28. The van der Waals surface area contributed by atoms with Crippen LogP contribution in [-0.4, -0.2) is 58.0 Å². The molecule has 29 heavy (non-hydrogen) atoms. The normalized spacial score (nSPS) is 15.1. The number of imidazole rings is 1. The van der Waals surface area contributed by atoms with Crippen molar-refractivity contribution in [3.05, 3.63) is 96.1 Å². The lowest BCUT2D eigenvalue weighted by Crippen LogP contribution is -2.48. The van der Waals surface area contributed by atoms with Gasteiger partial charge in [0.1, 0.15) is 0 Å². The van der Waals surface area contributed by atoms with Gasteiger partial charge in [0.25, 0.3) is 5.91 Å². The number of benzene rings is 2. The van der Waals surface area contributed by atoms with Gasteiger partial charge in [0.05, 0.1) is 6.33 Å². The number of carbonyl (C=O) groups is 1. The lowest BCUT2D eigenvalue weighted by atomic mass is 10.1. The fourth-order valence-corrected chi connectivity index (χ4v) is 3.56. The Labute approximate surface area is 171 Å². The van der Waals surface area contributed by atoms with E-state index in [0.29, 0.717) is 0 Å². The maximum atomic E-state index is 12.8. The topological polar surface area (TPSA) is 41.4 Å². The molecule has 0 bridgehead atoms. The Bertz CT molecular complexity index is 925. The minimum atomic E-state index is 0.124. The van der Waals surface area contributed by atoms with Crippen molar-refractivity contribution in [3.63, 3.8) is 0 Å². The van der Waals surface area contributed by atoms with Crippen LogP contribution in [0.2, 0.25) is 0 Å². The van der Waals surface area contributed by atoms with Gasteiger partial charge >= 0.3 is 0 Å². The molecule has 4 rings (SSSR count). The van der Waals surface area contributed by atoms with E-state index in [-0.39, 0.29) is 5.91 Å². The van der Waals surface area contributed by atoms with Crippen molar-refractivity contribution in [2.24, 2.45) is 0 Å². The summed E-state index contributed by atoms with van der Waals surface area (Å²) in [5.41, 5.74) is 3.14. The Morgan fingerprint density at radius 1 is 0.966 bits per heavy atom. The Morgan fingerprint density at radius 3 is 2.41 bits per heavy atom. The molecule has 1 amide bonds. The third-order valence-electron chi connectivity index (χ3n) is 5.26. The lowest BCUT2D eigenvalue weighted by molar-refractivity contribution is 0.0650. The van der Waals surface area contributed by atoms with Crippen molar-refractivity contribution < 1.29 is 4.79 Å². The molecule has 2 heterocycles. The Hall–Kier alpha value is -3.18. The van der Waals surface area contributed by atoms with Gasteiger partial charge in [-0.2, -0.15) is 0 Å². The van der Waals surface area contributed by atoms with E-state index in [1.807, 2.05) is 58.1 Å². The summed E-state index contributed by atoms with van der Waals surface area (Å²) >= 11 is 0. The minimum absolute atomic E-state index is 0.124. The van der Waals surface area contributed by atoms with E-state index in [1.165, 1.54) is 5.56 Å². The van der Waals surface area contributed by atoms with Crippen molar-refractivity contribution in [3.8, 4) is 0 Å². The number of rotatable bonds is 6. The molecule has 5 nitrogen and oxygen atoms in total. The van der Waals surface area contributed by atoms with Gasteiger partial charge in [-0.25, -0.2) is 4.98 Å². The van der Waals surface area contributed by atoms with Gasteiger partial charge in [0.2, 0.25) is 0 Å². The van der Waals surface area contributed by atoms with Crippen molar-refractivity contribution in [2.45, 2.75) is 6.54 Å². The first-order valence-electron chi connectivity index (χ1n) is 10.1. The molecule has 3 aromatic rings. The molecule has 0 unspecified atom stereocenters. The molecule has 148 valence electrons. The van der Waals surface area contributed by atoms with E-state index in [2.05, 4.69) is 34.2 Å². The summed E-state index contributed by atoms with van der Waals surface area (Å²) in [6, 6.07) is 18.3. The molecule has 0 N–H and O–H groups in total. The molecule has 0 atom stereocenters. The summed E-state index contributed by atoms with van der Waals surface area (Å²) in [5.74, 6) is 0.124. The number of aromatic nitrogens is 2. The van der Waals surface area contributed by atoms with Gasteiger partial charge in [-0.3, -0.25) is 9.69 Å². The van der Waals surface area contributed by atoms with Crippen LogP contribution >= 0.6 is 0 Å². The van der Waals surface area contributed by atoms with Crippen molar-refractivity contribution >= 4 is 12.0 Å². The highest BCUT2D eigenvalue weighted by molar-refractivity contribution is 5.94. The van der Waals surface area contributed by atoms with Crippen LogP contribution in [-0.2, 0) is 6.54 Å². The summed E-state index contributed by atoms with van der Waals surface area (Å²) in [6.07, 6.45) is 9.87. The minimum Gasteiger partial charge on any atom is -0.336 e. The zero-order valence-corrected chi connectivity index (χ0v) is 16.5. The second-order valence-electron chi connectivity index (χ2n) is 7.34. The summed E-state index contributed by atoms with van der Waals surface area (Å²) in [7, 11) is 0. The van der Waals surface area contributed by atoms with Crippen LogP contribution < -0.4 is 0 Å². The van der Waals surface area contributed by atoms with Gasteiger partial charge in [0, 0.05) is 57.2 Å². The molecule has 0 spiro atoms. The van der Waals surface area contributed by atoms with Crippen LogP contribution in [0.25, 0.3) is 6.08 Å². The van der Waals surface area contributed by atoms with Crippen LogP contribution in [0.5, 0.6) is 0 Å². The fraction of sp³-hybridized carbons (Fsp3) is 0.250. The Kier molecular flexibility index (Phi) is 6.17.